The van der Waals surface area contributed by atoms with E-state index in [4.69, 9.17) is 34.8 Å². The van der Waals surface area contributed by atoms with Crippen molar-refractivity contribution in [2.45, 2.75) is 6.92 Å². The number of rotatable bonds is 3. The molecule has 0 saturated carbocycles. The third kappa shape index (κ3) is 4.69. The first-order valence-corrected chi connectivity index (χ1v) is 9.88. The van der Waals surface area contributed by atoms with E-state index in [0.29, 0.717) is 46.8 Å². The zero-order valence-electron chi connectivity index (χ0n) is 15.2. The van der Waals surface area contributed by atoms with E-state index in [1.54, 1.807) is 40.1 Å². The number of hydrogen-bond acceptors (Lipinski definition) is 2. The van der Waals surface area contributed by atoms with Gasteiger partial charge in [0.25, 0.3) is 0 Å². The molecule has 145 valence electrons. The molecule has 2 aromatic rings. The maximum Gasteiger partial charge on any atom is 0.246 e. The molecule has 1 aliphatic heterocycles. The Morgan fingerprint density at radius 2 is 1.71 bits per heavy atom. The Kier molecular flexibility index (Phi) is 6.65. The van der Waals surface area contributed by atoms with Crippen molar-refractivity contribution in [2.75, 3.05) is 26.2 Å². The molecule has 1 aliphatic rings. The second-order valence-corrected chi connectivity index (χ2v) is 7.63. The Labute approximate surface area is 179 Å². The van der Waals surface area contributed by atoms with Crippen LogP contribution in [-0.2, 0) is 9.59 Å². The molecule has 2 aromatic carbocycles. The van der Waals surface area contributed by atoms with Gasteiger partial charge in [-0.25, -0.2) is 0 Å². The highest BCUT2D eigenvalue weighted by molar-refractivity contribution is 6.38. The van der Waals surface area contributed by atoms with Crippen LogP contribution in [0.2, 0.25) is 15.1 Å². The number of amides is 2. The number of nitrogens with zero attached hydrogens (tertiary/aromatic N) is 2. The topological polar surface area (TPSA) is 40.6 Å². The van der Waals surface area contributed by atoms with Crippen LogP contribution in [0.4, 0.5) is 0 Å². The van der Waals surface area contributed by atoms with E-state index in [2.05, 4.69) is 6.07 Å². The maximum atomic E-state index is 12.5. The summed E-state index contributed by atoms with van der Waals surface area (Å²) in [6.45, 7) is 3.67. The third-order valence-electron chi connectivity index (χ3n) is 4.62. The second-order valence-electron chi connectivity index (χ2n) is 6.41. The third-order valence-corrected chi connectivity index (χ3v) is 5.47. The van der Waals surface area contributed by atoms with E-state index in [0.717, 1.165) is 11.1 Å². The SMILES string of the molecule is CC(=O)N1CCN(C(=O)/C=C/c2cc[c]c(Cl)c2-c2ccc(Cl)cc2Cl)CC1. The molecule has 0 aromatic heterocycles. The lowest BCUT2D eigenvalue weighted by molar-refractivity contribution is -0.135. The van der Waals surface area contributed by atoms with Crippen molar-refractivity contribution in [3.63, 3.8) is 0 Å². The van der Waals surface area contributed by atoms with Gasteiger partial charge in [-0.15, -0.1) is 0 Å². The van der Waals surface area contributed by atoms with Crippen LogP contribution in [0.15, 0.2) is 36.4 Å². The summed E-state index contributed by atoms with van der Waals surface area (Å²) in [6, 6.07) is 11.7. The van der Waals surface area contributed by atoms with Crippen molar-refractivity contribution in [3.05, 3.63) is 63.1 Å². The normalized spacial score (nSPS) is 14.6. The lowest BCUT2D eigenvalue weighted by atomic mass is 9.99. The van der Waals surface area contributed by atoms with Gasteiger partial charge in [-0.1, -0.05) is 53.0 Å². The first-order valence-electron chi connectivity index (χ1n) is 8.75. The van der Waals surface area contributed by atoms with E-state index in [9.17, 15) is 9.59 Å². The van der Waals surface area contributed by atoms with Crippen LogP contribution >= 0.6 is 34.8 Å². The summed E-state index contributed by atoms with van der Waals surface area (Å²) in [6.07, 6.45) is 3.24. The Hall–Kier alpha value is -2.01. The predicted octanol–water partition coefficient (Wildman–Crippen LogP) is 4.82. The summed E-state index contributed by atoms with van der Waals surface area (Å²) in [7, 11) is 0. The van der Waals surface area contributed by atoms with E-state index < -0.39 is 0 Å². The van der Waals surface area contributed by atoms with Crippen molar-refractivity contribution in [2.24, 2.45) is 0 Å². The van der Waals surface area contributed by atoms with Crippen LogP contribution in [0.5, 0.6) is 0 Å². The van der Waals surface area contributed by atoms with Gasteiger partial charge in [0.2, 0.25) is 11.8 Å². The van der Waals surface area contributed by atoms with Gasteiger partial charge in [0.15, 0.2) is 0 Å². The standard InChI is InChI=1S/C21H18Cl3N2O2/c1-14(27)25-9-11-26(12-10-25)20(28)8-5-15-3-2-4-18(23)21(15)17-7-6-16(22)13-19(17)24/h2-3,5-8,13H,9-12H2,1H3/b8-5+. The van der Waals surface area contributed by atoms with Crippen LogP contribution in [0.3, 0.4) is 0 Å². The maximum absolute atomic E-state index is 12.5. The van der Waals surface area contributed by atoms with Gasteiger partial charge in [-0.2, -0.15) is 0 Å². The summed E-state index contributed by atoms with van der Waals surface area (Å²) >= 11 is 18.7. The van der Waals surface area contributed by atoms with E-state index in [1.165, 1.54) is 13.0 Å². The number of carbonyl (C=O) groups excluding carboxylic acids is 2. The van der Waals surface area contributed by atoms with Crippen LogP contribution < -0.4 is 0 Å². The molecule has 1 heterocycles. The zero-order valence-corrected chi connectivity index (χ0v) is 17.5. The number of halogens is 3. The van der Waals surface area contributed by atoms with Crippen LogP contribution in [0, 0.1) is 6.07 Å². The van der Waals surface area contributed by atoms with E-state index >= 15 is 0 Å². The predicted molar refractivity (Wildman–Crippen MR) is 114 cm³/mol. The first-order chi connectivity index (χ1) is 13.4. The molecule has 28 heavy (non-hydrogen) atoms. The first kappa shape index (κ1) is 20.7. The number of benzene rings is 2. The van der Waals surface area contributed by atoms with Crippen molar-refractivity contribution >= 4 is 52.7 Å². The summed E-state index contributed by atoms with van der Waals surface area (Å²) in [5, 5.41) is 1.41. The minimum atomic E-state index is -0.111. The Bertz CT molecular complexity index is 935. The lowest BCUT2D eigenvalue weighted by Crippen LogP contribution is -2.49. The fourth-order valence-electron chi connectivity index (χ4n) is 3.10. The van der Waals surface area contributed by atoms with Crippen LogP contribution in [-0.4, -0.2) is 47.8 Å². The molecule has 1 radical (unpaired) electrons. The average molecular weight is 437 g/mol. The molecule has 7 heteroatoms. The number of piperazine rings is 1. The van der Waals surface area contributed by atoms with Crippen molar-refractivity contribution in [1.82, 2.24) is 9.80 Å². The molecule has 1 saturated heterocycles. The fraction of sp³-hybridized carbons (Fsp3) is 0.238. The largest absolute Gasteiger partial charge is 0.339 e. The molecule has 0 atom stereocenters. The molecular formula is C21H18Cl3N2O2. The Morgan fingerprint density at radius 3 is 2.36 bits per heavy atom. The molecule has 0 spiro atoms. The van der Waals surface area contributed by atoms with Gasteiger partial charge in [-0.3, -0.25) is 9.59 Å². The Balaban J connectivity index is 1.82. The highest BCUT2D eigenvalue weighted by atomic mass is 35.5. The molecule has 0 bridgehead atoms. The quantitative estimate of drug-likeness (QED) is 0.647. The summed E-state index contributed by atoms with van der Waals surface area (Å²) in [5.41, 5.74) is 2.16. The van der Waals surface area contributed by atoms with E-state index in [-0.39, 0.29) is 11.8 Å². The minimum Gasteiger partial charge on any atom is -0.339 e. The fourth-order valence-corrected chi connectivity index (χ4v) is 3.88. The van der Waals surface area contributed by atoms with Gasteiger partial charge in [-0.05, 0) is 23.8 Å². The smallest absolute Gasteiger partial charge is 0.246 e. The molecule has 0 unspecified atom stereocenters. The minimum absolute atomic E-state index is 0.0299. The highest BCUT2D eigenvalue weighted by Crippen LogP contribution is 2.37. The van der Waals surface area contributed by atoms with Crippen molar-refractivity contribution in [1.29, 1.82) is 0 Å². The molecular weight excluding hydrogens is 419 g/mol. The van der Waals surface area contributed by atoms with Gasteiger partial charge in [0.05, 0.1) is 5.02 Å². The molecule has 0 aliphatic carbocycles. The molecule has 0 N–H and O–H groups in total. The molecule has 3 rings (SSSR count). The molecule has 4 nitrogen and oxygen atoms in total. The van der Waals surface area contributed by atoms with Crippen molar-refractivity contribution in [3.8, 4) is 11.1 Å². The summed E-state index contributed by atoms with van der Waals surface area (Å²) in [4.78, 5) is 27.4. The van der Waals surface area contributed by atoms with Crippen molar-refractivity contribution < 1.29 is 9.59 Å². The monoisotopic (exact) mass is 435 g/mol. The molecule has 2 amide bonds. The van der Waals surface area contributed by atoms with Gasteiger partial charge in [0, 0.05) is 66.4 Å². The molecule has 1 fully saturated rings. The van der Waals surface area contributed by atoms with Crippen LogP contribution in [0.1, 0.15) is 12.5 Å². The number of carbonyl (C=O) groups is 2. The van der Waals surface area contributed by atoms with Gasteiger partial charge in [0.1, 0.15) is 0 Å². The van der Waals surface area contributed by atoms with Gasteiger partial charge < -0.3 is 9.80 Å². The Morgan fingerprint density at radius 1 is 1.04 bits per heavy atom. The summed E-state index contributed by atoms with van der Waals surface area (Å²) in [5.74, 6) is -0.0809. The average Bonchev–Trinajstić information content (AvgIpc) is 2.67. The highest BCUT2D eigenvalue weighted by Gasteiger charge is 2.21. The van der Waals surface area contributed by atoms with E-state index in [1.807, 2.05) is 6.07 Å². The van der Waals surface area contributed by atoms with Gasteiger partial charge >= 0.3 is 0 Å². The van der Waals surface area contributed by atoms with Crippen LogP contribution in [0.25, 0.3) is 17.2 Å². The summed E-state index contributed by atoms with van der Waals surface area (Å²) < 4.78 is 0. The zero-order chi connectivity index (χ0) is 20.3. The second kappa shape index (κ2) is 8.99. The number of hydrogen-bond donors (Lipinski definition) is 0. The lowest BCUT2D eigenvalue weighted by Gasteiger charge is -2.33.